The van der Waals surface area contributed by atoms with Gasteiger partial charge < -0.3 is 10.6 Å². The molecule has 2 unspecified atom stereocenters. The molecule has 0 aromatic heterocycles. The van der Waals surface area contributed by atoms with Crippen molar-refractivity contribution in [3.8, 4) is 0 Å². The van der Waals surface area contributed by atoms with Gasteiger partial charge in [-0.05, 0) is 12.8 Å². The normalized spacial score (nSPS) is 33.6. The van der Waals surface area contributed by atoms with Crippen molar-refractivity contribution in [2.75, 3.05) is 5.75 Å². The molecule has 4 N–H and O–H groups in total. The molecule has 4 amide bonds. The summed E-state index contributed by atoms with van der Waals surface area (Å²) in [5, 5.41) is 5.66. The van der Waals surface area contributed by atoms with Crippen LogP contribution >= 0.6 is 11.8 Å². The summed E-state index contributed by atoms with van der Waals surface area (Å²) in [6, 6.07) is 0.00170. The number of urea groups is 1. The average Bonchev–Trinajstić information content (AvgIpc) is 3.15. The highest BCUT2D eigenvalue weighted by Crippen LogP contribution is 2.33. The van der Waals surface area contributed by atoms with Gasteiger partial charge in [0.2, 0.25) is 11.8 Å². The van der Waals surface area contributed by atoms with E-state index in [0.29, 0.717) is 12.8 Å². The van der Waals surface area contributed by atoms with Crippen LogP contribution in [0.25, 0.3) is 0 Å². The van der Waals surface area contributed by atoms with E-state index in [1.165, 1.54) is 0 Å². The Labute approximate surface area is 154 Å². The molecule has 26 heavy (non-hydrogen) atoms. The van der Waals surface area contributed by atoms with E-state index in [9.17, 15) is 27.6 Å². The molecule has 0 aromatic carbocycles. The number of unbranched alkanes of at least 4 members (excludes halogenated alkanes) is 1. The van der Waals surface area contributed by atoms with Crippen molar-refractivity contribution in [3.05, 3.63) is 0 Å². The summed E-state index contributed by atoms with van der Waals surface area (Å²) in [4.78, 5) is 46.8. The number of hydrogen-bond acceptors (Lipinski definition) is 7. The molecule has 3 aliphatic rings. The van der Waals surface area contributed by atoms with Gasteiger partial charge in [0, 0.05) is 17.4 Å². The highest BCUT2D eigenvalue weighted by atomic mass is 32.2. The van der Waals surface area contributed by atoms with E-state index in [1.807, 2.05) is 0 Å². The molecule has 0 aromatic rings. The van der Waals surface area contributed by atoms with Gasteiger partial charge in [-0.3, -0.25) is 24.3 Å². The molecule has 0 radical (unpaired) electrons. The number of Topliss-reactive ketones (excluding diaryl/α,β-unsaturated/α-hetero) is 1. The molecule has 12 heteroatoms. The van der Waals surface area contributed by atoms with E-state index in [0.717, 1.165) is 12.2 Å². The average molecular weight is 405 g/mol. The molecule has 3 saturated heterocycles. The van der Waals surface area contributed by atoms with Crippen LogP contribution in [0.1, 0.15) is 25.7 Å². The van der Waals surface area contributed by atoms with Crippen LogP contribution in [-0.4, -0.2) is 64.9 Å². The molecular weight excluding hydrogens is 386 g/mol. The number of ketones is 1. The molecule has 3 aliphatic heterocycles. The maximum atomic E-state index is 12.2. The lowest BCUT2D eigenvalue weighted by Crippen LogP contribution is -2.37. The number of carbonyl (C=O) groups is 4. The fraction of sp³-hybridized carbons (Fsp3) is 0.714. The summed E-state index contributed by atoms with van der Waals surface area (Å²) in [6.07, 6.45) is 1.78. The third-order valence-electron chi connectivity index (χ3n) is 4.86. The van der Waals surface area contributed by atoms with Gasteiger partial charge >= 0.3 is 6.03 Å². The van der Waals surface area contributed by atoms with Crippen LogP contribution in [0.5, 0.6) is 0 Å². The number of fused-ring (bicyclic) bond motifs is 1. The third-order valence-corrected chi connectivity index (χ3v) is 7.49. The van der Waals surface area contributed by atoms with Crippen molar-refractivity contribution >= 4 is 45.5 Å². The summed E-state index contributed by atoms with van der Waals surface area (Å²) in [6.45, 7) is 0. The highest BCUT2D eigenvalue weighted by Gasteiger charge is 2.52. The van der Waals surface area contributed by atoms with Gasteiger partial charge in [-0.15, -0.1) is 0 Å². The Morgan fingerprint density at radius 2 is 1.88 bits per heavy atom. The Morgan fingerprint density at radius 3 is 2.58 bits per heavy atom. The van der Waals surface area contributed by atoms with E-state index in [1.54, 1.807) is 17.1 Å². The first-order valence-corrected chi connectivity index (χ1v) is 10.8. The minimum Gasteiger partial charge on any atom is -0.332 e. The number of rotatable bonds is 7. The van der Waals surface area contributed by atoms with Crippen molar-refractivity contribution in [2.24, 2.45) is 5.92 Å². The molecule has 3 rings (SSSR count). The molecule has 3 heterocycles. The van der Waals surface area contributed by atoms with E-state index >= 15 is 0 Å². The first-order valence-electron chi connectivity index (χ1n) is 8.21. The van der Waals surface area contributed by atoms with Crippen LogP contribution in [0.2, 0.25) is 0 Å². The van der Waals surface area contributed by atoms with Gasteiger partial charge in [0.15, 0.2) is 5.25 Å². The fourth-order valence-corrected chi connectivity index (χ4v) is 6.12. The maximum Gasteiger partial charge on any atom is 0.315 e. The molecule has 0 bridgehead atoms. The quantitative estimate of drug-likeness (QED) is 0.135. The lowest BCUT2D eigenvalue weighted by atomic mass is 9.96. The van der Waals surface area contributed by atoms with E-state index in [4.69, 9.17) is 4.55 Å². The second kappa shape index (κ2) is 7.16. The monoisotopic (exact) mass is 405 g/mol. The molecular formula is C14H19N3O7S2. The predicted molar refractivity (Wildman–Crippen MR) is 90.9 cm³/mol. The molecule has 5 atom stereocenters. The summed E-state index contributed by atoms with van der Waals surface area (Å²) in [7, 11) is -4.84. The zero-order valence-corrected chi connectivity index (χ0v) is 15.3. The van der Waals surface area contributed by atoms with Gasteiger partial charge in [-0.1, -0.05) is 6.42 Å². The second-order valence-electron chi connectivity index (χ2n) is 6.60. The van der Waals surface area contributed by atoms with Crippen LogP contribution in [0, 0.1) is 5.92 Å². The van der Waals surface area contributed by atoms with Crippen LogP contribution in [0.4, 0.5) is 4.79 Å². The maximum absolute atomic E-state index is 12.2. The first-order chi connectivity index (χ1) is 12.2. The molecule has 0 aliphatic carbocycles. The zero-order chi connectivity index (χ0) is 19.1. The number of nitrogens with one attached hydrogen (secondary N) is 3. The SMILES string of the molecule is O=C1N[C@H]2[C@H](CS[C@H]2CCCCC(=O)C2C(=O)NC(=O)C2S(=O)(=O)O)N1. The van der Waals surface area contributed by atoms with Crippen LogP contribution in [0.3, 0.4) is 0 Å². The lowest BCUT2D eigenvalue weighted by Gasteiger charge is -2.16. The van der Waals surface area contributed by atoms with Gasteiger partial charge in [0.25, 0.3) is 10.1 Å². The van der Waals surface area contributed by atoms with Crippen LogP contribution in [-0.2, 0) is 24.5 Å². The minimum atomic E-state index is -4.84. The van der Waals surface area contributed by atoms with Gasteiger partial charge in [0.05, 0.1) is 12.1 Å². The Bertz CT molecular complexity index is 754. The zero-order valence-electron chi connectivity index (χ0n) is 13.6. The number of amides is 4. The Morgan fingerprint density at radius 1 is 1.15 bits per heavy atom. The van der Waals surface area contributed by atoms with Gasteiger partial charge in [0.1, 0.15) is 11.7 Å². The van der Waals surface area contributed by atoms with Crippen LogP contribution < -0.4 is 16.0 Å². The first kappa shape index (κ1) is 19.1. The summed E-state index contributed by atoms with van der Waals surface area (Å²) >= 11 is 1.74. The standard InChI is InChI=1S/C14H19N3O7S2/c18-7(9-11(26(22,23)24)13(20)17-12(9)19)3-1-2-4-8-10-6(5-25-8)15-14(21)16-10/h6,8-11H,1-5H2,(H2,15,16,21)(H,17,19,20)(H,22,23,24)/t6-,8-,9?,10-,11?/m0/s1. The number of thioether (sulfide) groups is 1. The van der Waals surface area contributed by atoms with Crippen LogP contribution in [0.15, 0.2) is 0 Å². The molecule has 0 spiro atoms. The lowest BCUT2D eigenvalue weighted by molar-refractivity contribution is -0.131. The summed E-state index contributed by atoms with van der Waals surface area (Å²) in [5.74, 6) is -3.71. The highest BCUT2D eigenvalue weighted by molar-refractivity contribution is 8.00. The Balaban J connectivity index is 1.49. The molecule has 10 nitrogen and oxygen atoms in total. The number of hydrogen-bond donors (Lipinski definition) is 4. The van der Waals surface area contributed by atoms with Gasteiger partial charge in [-0.2, -0.15) is 20.2 Å². The van der Waals surface area contributed by atoms with Crippen molar-refractivity contribution in [3.63, 3.8) is 0 Å². The summed E-state index contributed by atoms with van der Waals surface area (Å²) < 4.78 is 31.7. The Kier molecular flexibility index (Phi) is 5.26. The topological polar surface area (TPSA) is 159 Å². The van der Waals surface area contributed by atoms with Gasteiger partial charge in [-0.25, -0.2) is 4.79 Å². The smallest absolute Gasteiger partial charge is 0.315 e. The number of imide groups is 1. The van der Waals surface area contributed by atoms with Crippen molar-refractivity contribution < 1.29 is 32.1 Å². The fourth-order valence-electron chi connectivity index (χ4n) is 3.62. The van der Waals surface area contributed by atoms with Crippen molar-refractivity contribution in [1.82, 2.24) is 16.0 Å². The summed E-state index contributed by atoms with van der Waals surface area (Å²) in [5.41, 5.74) is 0. The molecule has 0 saturated carbocycles. The van der Waals surface area contributed by atoms with E-state index in [2.05, 4.69) is 10.6 Å². The van der Waals surface area contributed by atoms with E-state index < -0.39 is 38.9 Å². The number of carbonyl (C=O) groups excluding carboxylic acids is 4. The largest absolute Gasteiger partial charge is 0.332 e. The second-order valence-corrected chi connectivity index (χ2v) is 9.41. The van der Waals surface area contributed by atoms with Crippen molar-refractivity contribution in [2.45, 2.75) is 48.3 Å². The molecule has 3 fully saturated rings. The predicted octanol–water partition coefficient (Wildman–Crippen LogP) is -1.19. The minimum absolute atomic E-state index is 0.0605. The third kappa shape index (κ3) is 3.71. The van der Waals surface area contributed by atoms with E-state index in [-0.39, 0.29) is 29.8 Å². The van der Waals surface area contributed by atoms with Crippen molar-refractivity contribution in [1.29, 1.82) is 0 Å². The Hall–Kier alpha value is -1.66. The molecule has 144 valence electrons.